The zero-order chi connectivity index (χ0) is 24.4. The monoisotopic (exact) mass is 477 g/mol. The molecule has 1 aliphatic heterocycles. The summed E-state index contributed by atoms with van der Waals surface area (Å²) >= 11 is 0. The summed E-state index contributed by atoms with van der Waals surface area (Å²) in [4.78, 5) is 24.8. The fourth-order valence-corrected chi connectivity index (χ4v) is 9.89. The lowest BCUT2D eigenvalue weighted by Crippen LogP contribution is -2.60. The van der Waals surface area contributed by atoms with Crippen LogP contribution in [-0.2, 0) is 24.8 Å². The van der Waals surface area contributed by atoms with Gasteiger partial charge < -0.3 is 15.2 Å². The first-order chi connectivity index (χ1) is 15.3. The highest BCUT2D eigenvalue weighted by Gasteiger charge is 2.62. The molecule has 1 amide bonds. The molecule has 2 N–H and O–H groups in total. The predicted molar refractivity (Wildman–Crippen MR) is 124 cm³/mol. The van der Waals surface area contributed by atoms with Crippen LogP contribution in [0.15, 0.2) is 17.0 Å². The molecule has 4 atom stereocenters. The standard InChI is InChI=1S/C25H35NO6S/c1-23(2)8-6-9-24(3)18(23)7-10-25(4)19(24)14-33(30,31)17-12-15(27)11-16(21(17)25)22(29)26-13-20(28)32-5/h11-12,18-19,27H,6-10,13-14H2,1-5H3,(H,26,29). The lowest BCUT2D eigenvalue weighted by Gasteiger charge is -2.64. The maximum atomic E-state index is 13.6. The molecule has 2 fully saturated rings. The molecule has 0 bridgehead atoms. The van der Waals surface area contributed by atoms with Crippen molar-refractivity contribution in [3.63, 3.8) is 0 Å². The number of amides is 1. The second kappa shape index (κ2) is 7.72. The quantitative estimate of drug-likeness (QED) is 0.644. The fraction of sp³-hybridized carbons (Fsp3) is 0.680. The average Bonchev–Trinajstić information content (AvgIpc) is 2.72. The number of phenols is 1. The van der Waals surface area contributed by atoms with Gasteiger partial charge in [0.2, 0.25) is 0 Å². The minimum Gasteiger partial charge on any atom is -0.508 e. The number of sulfone groups is 1. The highest BCUT2D eigenvalue weighted by atomic mass is 32.2. The van der Waals surface area contributed by atoms with Crippen LogP contribution in [0.1, 0.15) is 75.7 Å². The molecule has 4 rings (SSSR count). The van der Waals surface area contributed by atoms with Crippen LogP contribution in [0.2, 0.25) is 0 Å². The average molecular weight is 478 g/mol. The number of ether oxygens (including phenoxy) is 1. The SMILES string of the molecule is COC(=O)CNC(=O)c1cc(O)cc2c1C1(C)CCC3C(C)(C)CCCC3(C)C1CS2(=O)=O. The number of benzene rings is 1. The number of rotatable bonds is 3. The van der Waals surface area contributed by atoms with Crippen LogP contribution in [0.3, 0.4) is 0 Å². The molecular weight excluding hydrogens is 442 g/mol. The van der Waals surface area contributed by atoms with Crippen LogP contribution in [-0.4, -0.2) is 44.8 Å². The number of hydrogen-bond donors (Lipinski definition) is 2. The zero-order valence-corrected chi connectivity index (χ0v) is 21.0. The number of phenolic OH excluding ortho intramolecular Hbond substituents is 1. The zero-order valence-electron chi connectivity index (χ0n) is 20.2. The first-order valence-corrected chi connectivity index (χ1v) is 13.4. The van der Waals surface area contributed by atoms with Gasteiger partial charge in [0, 0.05) is 5.56 Å². The van der Waals surface area contributed by atoms with E-state index in [1.807, 2.05) is 0 Å². The molecule has 8 heteroatoms. The van der Waals surface area contributed by atoms with Crippen LogP contribution in [0.25, 0.3) is 0 Å². The largest absolute Gasteiger partial charge is 0.508 e. The van der Waals surface area contributed by atoms with Gasteiger partial charge in [-0.25, -0.2) is 8.42 Å². The summed E-state index contributed by atoms with van der Waals surface area (Å²) in [5.41, 5.74) is 0.0414. The van der Waals surface area contributed by atoms with E-state index in [-0.39, 0.29) is 45.3 Å². The number of carbonyl (C=O) groups is 2. The molecule has 1 heterocycles. The Hall–Kier alpha value is -2.09. The second-order valence-electron chi connectivity index (χ2n) is 11.3. The van der Waals surface area contributed by atoms with Crippen molar-refractivity contribution < 1.29 is 27.9 Å². The maximum absolute atomic E-state index is 13.6. The van der Waals surface area contributed by atoms with Gasteiger partial charge in [0.1, 0.15) is 12.3 Å². The Balaban J connectivity index is 1.88. The summed E-state index contributed by atoms with van der Waals surface area (Å²) < 4.78 is 31.7. The molecule has 4 unspecified atom stereocenters. The molecule has 33 heavy (non-hydrogen) atoms. The topological polar surface area (TPSA) is 110 Å². The number of esters is 1. The number of fused-ring (bicyclic) bond motifs is 5. The van der Waals surface area contributed by atoms with E-state index in [1.165, 1.54) is 19.2 Å². The smallest absolute Gasteiger partial charge is 0.325 e. The van der Waals surface area contributed by atoms with E-state index in [1.54, 1.807) is 0 Å². The number of methoxy groups -OCH3 is 1. The van der Waals surface area contributed by atoms with Gasteiger partial charge in [0.25, 0.3) is 5.91 Å². The fourth-order valence-electron chi connectivity index (χ4n) is 7.57. The molecule has 1 aromatic carbocycles. The van der Waals surface area contributed by atoms with Gasteiger partial charge >= 0.3 is 5.97 Å². The molecule has 3 aliphatic rings. The van der Waals surface area contributed by atoms with E-state index in [0.29, 0.717) is 11.5 Å². The second-order valence-corrected chi connectivity index (χ2v) is 13.3. The van der Waals surface area contributed by atoms with Gasteiger partial charge in [0.05, 0.1) is 17.8 Å². The lowest BCUT2D eigenvalue weighted by molar-refractivity contribution is -0.139. The Kier molecular flexibility index (Phi) is 5.62. The van der Waals surface area contributed by atoms with Crippen molar-refractivity contribution in [3.8, 4) is 5.75 Å². The van der Waals surface area contributed by atoms with Gasteiger partial charge in [-0.3, -0.25) is 9.59 Å². The van der Waals surface area contributed by atoms with Crippen molar-refractivity contribution in [1.29, 1.82) is 0 Å². The summed E-state index contributed by atoms with van der Waals surface area (Å²) in [6, 6.07) is 2.61. The summed E-state index contributed by atoms with van der Waals surface area (Å²) in [6.07, 6.45) is 4.89. The van der Waals surface area contributed by atoms with Crippen molar-refractivity contribution in [2.75, 3.05) is 19.4 Å². The molecule has 0 aromatic heterocycles. The van der Waals surface area contributed by atoms with Crippen LogP contribution in [0.4, 0.5) is 0 Å². The summed E-state index contributed by atoms with van der Waals surface area (Å²) in [5.74, 6) is -1.18. The molecule has 2 saturated carbocycles. The van der Waals surface area contributed by atoms with Crippen LogP contribution < -0.4 is 5.32 Å². The third-order valence-corrected chi connectivity index (χ3v) is 10.8. The maximum Gasteiger partial charge on any atom is 0.325 e. The number of hydrogen-bond acceptors (Lipinski definition) is 6. The molecule has 2 aliphatic carbocycles. The van der Waals surface area contributed by atoms with Crippen LogP contribution >= 0.6 is 0 Å². The molecule has 0 radical (unpaired) electrons. The molecular formula is C25H35NO6S. The molecule has 0 saturated heterocycles. The van der Waals surface area contributed by atoms with Crippen LogP contribution in [0.5, 0.6) is 5.75 Å². The minimum absolute atomic E-state index is 0.0201. The Morgan fingerprint density at radius 3 is 2.48 bits per heavy atom. The van der Waals surface area contributed by atoms with Crippen molar-refractivity contribution in [2.24, 2.45) is 22.7 Å². The summed E-state index contributed by atoms with van der Waals surface area (Å²) in [5, 5.41) is 12.9. The van der Waals surface area contributed by atoms with Gasteiger partial charge in [0.15, 0.2) is 9.84 Å². The highest BCUT2D eigenvalue weighted by Crippen LogP contribution is 2.66. The van der Waals surface area contributed by atoms with E-state index in [9.17, 15) is 23.1 Å². The van der Waals surface area contributed by atoms with Crippen molar-refractivity contribution in [1.82, 2.24) is 5.32 Å². The number of nitrogens with one attached hydrogen (secondary N) is 1. The third kappa shape index (κ3) is 3.65. The first-order valence-electron chi connectivity index (χ1n) is 11.7. The summed E-state index contributed by atoms with van der Waals surface area (Å²) in [6.45, 7) is 8.60. The van der Waals surface area contributed by atoms with Gasteiger partial charge in [-0.05, 0) is 71.5 Å². The van der Waals surface area contributed by atoms with Gasteiger partial charge in [-0.2, -0.15) is 0 Å². The van der Waals surface area contributed by atoms with E-state index >= 15 is 0 Å². The Morgan fingerprint density at radius 2 is 1.82 bits per heavy atom. The van der Waals surface area contributed by atoms with Crippen molar-refractivity contribution in [2.45, 2.75) is 70.1 Å². The van der Waals surface area contributed by atoms with Crippen molar-refractivity contribution in [3.05, 3.63) is 23.3 Å². The first kappa shape index (κ1) is 24.0. The van der Waals surface area contributed by atoms with E-state index in [0.717, 1.165) is 32.1 Å². The minimum atomic E-state index is -3.72. The van der Waals surface area contributed by atoms with Gasteiger partial charge in [-0.15, -0.1) is 0 Å². The number of carbonyl (C=O) groups excluding carboxylic acids is 2. The van der Waals surface area contributed by atoms with Gasteiger partial charge in [-0.1, -0.05) is 34.1 Å². The lowest BCUT2D eigenvalue weighted by atomic mass is 9.42. The highest BCUT2D eigenvalue weighted by molar-refractivity contribution is 7.91. The Labute approximate surface area is 196 Å². The normalized spacial score (nSPS) is 33.7. The molecule has 182 valence electrons. The van der Waals surface area contributed by atoms with E-state index in [4.69, 9.17) is 0 Å². The Morgan fingerprint density at radius 1 is 1.12 bits per heavy atom. The van der Waals surface area contributed by atoms with E-state index < -0.39 is 27.1 Å². The number of aromatic hydroxyl groups is 1. The van der Waals surface area contributed by atoms with Crippen molar-refractivity contribution >= 4 is 21.7 Å². The summed E-state index contributed by atoms with van der Waals surface area (Å²) in [7, 11) is -2.49. The van der Waals surface area contributed by atoms with Crippen LogP contribution in [0, 0.1) is 22.7 Å². The van der Waals surface area contributed by atoms with E-state index in [2.05, 4.69) is 37.7 Å². The molecule has 1 aromatic rings. The third-order valence-electron chi connectivity index (χ3n) is 9.04. The Bertz CT molecular complexity index is 1110. The predicted octanol–water partition coefficient (Wildman–Crippen LogP) is 3.58. The molecule has 0 spiro atoms. The molecule has 7 nitrogen and oxygen atoms in total.